The lowest BCUT2D eigenvalue weighted by atomic mass is 10.0. The van der Waals surface area contributed by atoms with Crippen LogP contribution in [0.25, 0.3) is 0 Å². The maximum absolute atomic E-state index is 12.7. The summed E-state index contributed by atoms with van der Waals surface area (Å²) in [5, 5.41) is 11.8. The van der Waals surface area contributed by atoms with Gasteiger partial charge in [0.1, 0.15) is 10.6 Å². The first-order valence-corrected chi connectivity index (χ1v) is 8.70. The molecule has 2 aromatic rings. The van der Waals surface area contributed by atoms with Crippen molar-refractivity contribution in [2.75, 3.05) is 6.54 Å². The molecular weight excluding hydrogens is 294 g/mol. The van der Waals surface area contributed by atoms with Gasteiger partial charge in [0.2, 0.25) is 10.0 Å². The van der Waals surface area contributed by atoms with Crippen LogP contribution in [0.3, 0.4) is 0 Å². The van der Waals surface area contributed by atoms with Gasteiger partial charge in [-0.1, -0.05) is 12.1 Å². The minimum atomic E-state index is -3.67. The summed E-state index contributed by atoms with van der Waals surface area (Å²) < 4.78 is 26.9. The number of phenols is 1. The molecule has 1 N–H and O–H groups in total. The van der Waals surface area contributed by atoms with Gasteiger partial charge in [-0.3, -0.25) is 0 Å². The third-order valence-electron chi connectivity index (χ3n) is 3.67. The van der Waals surface area contributed by atoms with E-state index >= 15 is 0 Å². The minimum Gasteiger partial charge on any atom is -0.507 e. The number of hydrogen-bond acceptors (Lipinski definition) is 4. The van der Waals surface area contributed by atoms with E-state index in [0.717, 1.165) is 12.0 Å². The van der Waals surface area contributed by atoms with Crippen molar-refractivity contribution in [3.8, 4) is 5.75 Å². The molecule has 4 nitrogen and oxygen atoms in total. The summed E-state index contributed by atoms with van der Waals surface area (Å²) in [5.41, 5.74) is 1.07. The van der Waals surface area contributed by atoms with Crippen LogP contribution >= 0.6 is 11.3 Å². The monoisotopic (exact) mass is 309 g/mol. The number of aromatic hydroxyl groups is 1. The predicted octanol–water partition coefficient (Wildman–Crippen LogP) is 2.76. The quantitative estimate of drug-likeness (QED) is 0.928. The molecule has 20 heavy (non-hydrogen) atoms. The Hall–Kier alpha value is -1.37. The minimum absolute atomic E-state index is 0.0227. The van der Waals surface area contributed by atoms with Crippen molar-refractivity contribution in [2.45, 2.75) is 24.3 Å². The number of rotatable bonds is 2. The Morgan fingerprint density at radius 1 is 1.30 bits per heavy atom. The number of fused-ring (bicyclic) bond motifs is 1. The summed E-state index contributed by atoms with van der Waals surface area (Å²) in [4.78, 5) is 1.23. The van der Waals surface area contributed by atoms with E-state index in [1.165, 1.54) is 21.3 Å². The maximum atomic E-state index is 12.7. The molecule has 0 saturated carbocycles. The standard InChI is InChI=1S/C14H15NO3S2/c1-10-11-7-9-19-13(11)6-8-15(10)20(17,18)14-5-3-2-4-12(14)16/h2-5,7,9-10,16H,6,8H2,1H3. The molecular formula is C14H15NO3S2. The lowest BCUT2D eigenvalue weighted by Gasteiger charge is -2.32. The lowest BCUT2D eigenvalue weighted by molar-refractivity contribution is 0.327. The first kappa shape index (κ1) is 13.6. The zero-order chi connectivity index (χ0) is 14.3. The van der Waals surface area contributed by atoms with Crippen molar-refractivity contribution < 1.29 is 13.5 Å². The van der Waals surface area contributed by atoms with Crippen LogP contribution in [0.15, 0.2) is 40.6 Å². The molecule has 1 atom stereocenters. The molecule has 1 unspecified atom stereocenters. The van der Waals surface area contributed by atoms with Crippen LogP contribution in [-0.2, 0) is 16.4 Å². The highest BCUT2D eigenvalue weighted by atomic mass is 32.2. The fourth-order valence-electron chi connectivity index (χ4n) is 2.62. The van der Waals surface area contributed by atoms with Crippen LogP contribution < -0.4 is 0 Å². The molecule has 1 aliphatic heterocycles. The smallest absolute Gasteiger partial charge is 0.247 e. The van der Waals surface area contributed by atoms with Gasteiger partial charge in [-0.15, -0.1) is 11.3 Å². The molecule has 0 saturated heterocycles. The van der Waals surface area contributed by atoms with Gasteiger partial charge in [-0.2, -0.15) is 4.31 Å². The Bertz CT molecular complexity index is 736. The van der Waals surface area contributed by atoms with Crippen LogP contribution in [0.1, 0.15) is 23.4 Å². The van der Waals surface area contributed by atoms with Crippen LogP contribution in [0.5, 0.6) is 5.75 Å². The number of hydrogen-bond donors (Lipinski definition) is 1. The van der Waals surface area contributed by atoms with Gasteiger partial charge in [-0.05, 0) is 42.5 Å². The molecule has 0 fully saturated rings. The van der Waals surface area contributed by atoms with E-state index in [1.807, 2.05) is 18.4 Å². The first-order chi connectivity index (χ1) is 9.51. The highest BCUT2D eigenvalue weighted by Gasteiger charge is 2.35. The summed E-state index contributed by atoms with van der Waals surface area (Å²) in [6.45, 7) is 2.34. The Labute approximate surface area is 122 Å². The molecule has 0 aliphatic carbocycles. The topological polar surface area (TPSA) is 57.6 Å². The maximum Gasteiger partial charge on any atom is 0.247 e. The molecule has 0 radical (unpaired) electrons. The summed E-state index contributed by atoms with van der Waals surface area (Å²) >= 11 is 1.67. The van der Waals surface area contributed by atoms with E-state index in [4.69, 9.17) is 0 Å². The van der Waals surface area contributed by atoms with Crippen molar-refractivity contribution in [1.29, 1.82) is 0 Å². The second-order valence-electron chi connectivity index (χ2n) is 4.81. The number of sulfonamides is 1. The lowest BCUT2D eigenvalue weighted by Crippen LogP contribution is -2.38. The summed E-state index contributed by atoms with van der Waals surface area (Å²) in [6, 6.07) is 7.87. The van der Waals surface area contributed by atoms with Gasteiger partial charge in [0.15, 0.2) is 0 Å². The predicted molar refractivity (Wildman–Crippen MR) is 78.4 cm³/mol. The van der Waals surface area contributed by atoms with E-state index in [-0.39, 0.29) is 16.7 Å². The number of benzene rings is 1. The number of thiophene rings is 1. The molecule has 0 spiro atoms. The number of para-hydroxylation sites is 1. The van der Waals surface area contributed by atoms with E-state index < -0.39 is 10.0 Å². The highest BCUT2D eigenvalue weighted by Crippen LogP contribution is 2.37. The van der Waals surface area contributed by atoms with E-state index in [9.17, 15) is 13.5 Å². The Kier molecular flexibility index (Phi) is 3.32. The normalized spacial score (nSPS) is 19.8. The van der Waals surface area contributed by atoms with Crippen LogP contribution in [0.4, 0.5) is 0 Å². The third-order valence-corrected chi connectivity index (χ3v) is 6.69. The fourth-order valence-corrected chi connectivity index (χ4v) is 5.28. The zero-order valence-corrected chi connectivity index (χ0v) is 12.6. The van der Waals surface area contributed by atoms with Gasteiger partial charge in [0.05, 0.1) is 0 Å². The molecule has 6 heteroatoms. The van der Waals surface area contributed by atoms with Crippen molar-refractivity contribution in [2.24, 2.45) is 0 Å². The van der Waals surface area contributed by atoms with Gasteiger partial charge in [-0.25, -0.2) is 8.42 Å². The summed E-state index contributed by atoms with van der Waals surface area (Å²) in [7, 11) is -3.67. The van der Waals surface area contributed by atoms with E-state index in [1.54, 1.807) is 23.5 Å². The molecule has 3 rings (SSSR count). The van der Waals surface area contributed by atoms with E-state index in [2.05, 4.69) is 0 Å². The zero-order valence-electron chi connectivity index (χ0n) is 11.0. The Morgan fingerprint density at radius 2 is 2.05 bits per heavy atom. The van der Waals surface area contributed by atoms with Gasteiger partial charge in [0.25, 0.3) is 0 Å². The van der Waals surface area contributed by atoms with Crippen molar-refractivity contribution in [3.63, 3.8) is 0 Å². The highest BCUT2D eigenvalue weighted by molar-refractivity contribution is 7.89. The molecule has 1 aliphatic rings. The molecule has 0 amide bonds. The second-order valence-corrected chi connectivity index (χ2v) is 7.67. The number of phenolic OH excluding ortho intramolecular Hbond substituents is 1. The van der Waals surface area contributed by atoms with E-state index in [0.29, 0.717) is 6.54 Å². The average molecular weight is 309 g/mol. The van der Waals surface area contributed by atoms with Crippen LogP contribution in [0.2, 0.25) is 0 Å². The second kappa shape index (κ2) is 4.87. The average Bonchev–Trinajstić information content (AvgIpc) is 2.88. The molecule has 2 heterocycles. The molecule has 0 bridgehead atoms. The number of nitrogens with zero attached hydrogens (tertiary/aromatic N) is 1. The van der Waals surface area contributed by atoms with Crippen molar-refractivity contribution >= 4 is 21.4 Å². The largest absolute Gasteiger partial charge is 0.507 e. The van der Waals surface area contributed by atoms with Gasteiger partial charge >= 0.3 is 0 Å². The Morgan fingerprint density at radius 3 is 2.80 bits per heavy atom. The molecule has 106 valence electrons. The first-order valence-electron chi connectivity index (χ1n) is 6.38. The molecule has 1 aromatic carbocycles. The van der Waals surface area contributed by atoms with Gasteiger partial charge in [0, 0.05) is 17.5 Å². The summed E-state index contributed by atoms with van der Waals surface area (Å²) in [5.74, 6) is -0.198. The fraction of sp³-hybridized carbons (Fsp3) is 0.286. The third kappa shape index (κ3) is 2.04. The Balaban J connectivity index is 2.04. The summed E-state index contributed by atoms with van der Waals surface area (Å²) in [6.07, 6.45) is 0.726. The van der Waals surface area contributed by atoms with Gasteiger partial charge < -0.3 is 5.11 Å². The van der Waals surface area contributed by atoms with Crippen molar-refractivity contribution in [3.05, 3.63) is 46.2 Å². The SMILES string of the molecule is CC1c2ccsc2CCN1S(=O)(=O)c1ccccc1O. The van der Waals surface area contributed by atoms with Crippen LogP contribution in [0, 0.1) is 0 Å². The van der Waals surface area contributed by atoms with Crippen LogP contribution in [-0.4, -0.2) is 24.4 Å². The van der Waals surface area contributed by atoms with Crippen molar-refractivity contribution in [1.82, 2.24) is 4.31 Å². The molecule has 1 aromatic heterocycles.